The average Bonchev–Trinajstić information content (AvgIpc) is 0. The predicted molar refractivity (Wildman–Crippen MR) is 35.8 cm³/mol. The second-order valence-electron chi connectivity index (χ2n) is 0. The zero-order valence-corrected chi connectivity index (χ0v) is 4.24. The standard InChI is InChI=1S/2Al.2Mg.10H/q;;2*+2;;;;;;;4*-1. The summed E-state index contributed by atoms with van der Waals surface area (Å²) >= 11 is 0. The van der Waals surface area contributed by atoms with E-state index in [1.807, 2.05) is 0 Å². The third-order valence-electron chi connectivity index (χ3n) is 0. The fourth-order valence-electron chi connectivity index (χ4n) is 0. The smallest absolute Gasteiger partial charge is 1.00 e. The van der Waals surface area contributed by atoms with Crippen LogP contribution in [0.5, 0.6) is 0 Å². The van der Waals surface area contributed by atoms with Gasteiger partial charge in [0.15, 0.2) is 34.7 Å². The molecular formula is H10Al2Mg2. The van der Waals surface area contributed by atoms with Crippen LogP contribution in [0.1, 0.15) is 5.71 Å². The van der Waals surface area contributed by atoms with Crippen molar-refractivity contribution in [1.29, 1.82) is 0 Å². The minimum absolute atomic E-state index is 0. The first-order valence-corrected chi connectivity index (χ1v) is 0. The predicted octanol–water partition coefficient (Wildman–Crippen LogP) is -2.68. The van der Waals surface area contributed by atoms with Crippen molar-refractivity contribution in [1.82, 2.24) is 0 Å². The van der Waals surface area contributed by atoms with Crippen LogP contribution in [0, 0.1) is 0 Å². The van der Waals surface area contributed by atoms with E-state index in [0.717, 1.165) is 0 Å². The molecule has 0 atom stereocenters. The Hall–Kier alpha value is 2.60. The Bertz CT molecular complexity index is 12.0. The van der Waals surface area contributed by atoms with Crippen molar-refractivity contribution >= 4 is 80.8 Å². The van der Waals surface area contributed by atoms with Crippen LogP contribution in [0.2, 0.25) is 0 Å². The number of hydrogen-bond acceptors (Lipinski definition) is 0. The maximum Gasteiger partial charge on any atom is 2.00 e. The molecule has 0 radical (unpaired) electrons. The van der Waals surface area contributed by atoms with Gasteiger partial charge in [0.2, 0.25) is 0 Å². The van der Waals surface area contributed by atoms with Crippen molar-refractivity contribution in [3.05, 3.63) is 0 Å². The molecule has 0 fully saturated rings. The third-order valence-corrected chi connectivity index (χ3v) is 0. The van der Waals surface area contributed by atoms with E-state index in [9.17, 15) is 0 Å². The van der Waals surface area contributed by atoms with Gasteiger partial charge in [0.1, 0.15) is 0 Å². The Morgan fingerprint density at radius 2 is 0.750 bits per heavy atom. The summed E-state index contributed by atoms with van der Waals surface area (Å²) in [5, 5.41) is 0. The zero-order valence-electron chi connectivity index (χ0n) is 5.41. The Kier molecular flexibility index (Phi) is 134. The second kappa shape index (κ2) is 17.5. The molecule has 0 saturated carbocycles. The Labute approximate surface area is 85.6 Å². The topological polar surface area (TPSA) is 0 Å². The summed E-state index contributed by atoms with van der Waals surface area (Å²) in [7, 11) is 0. The second-order valence-corrected chi connectivity index (χ2v) is 0. The van der Waals surface area contributed by atoms with Gasteiger partial charge in [-0.05, 0) is 0 Å². The van der Waals surface area contributed by atoms with E-state index in [1.54, 1.807) is 0 Å². The van der Waals surface area contributed by atoms with Crippen LogP contribution in [-0.4, -0.2) is 80.8 Å². The molecule has 0 rings (SSSR count). The molecule has 20 valence electrons. The van der Waals surface area contributed by atoms with Gasteiger partial charge in [-0.3, -0.25) is 0 Å². The van der Waals surface area contributed by atoms with Gasteiger partial charge in [0.05, 0.1) is 0 Å². The van der Waals surface area contributed by atoms with E-state index in [4.69, 9.17) is 0 Å². The summed E-state index contributed by atoms with van der Waals surface area (Å²) in [6.45, 7) is 0. The molecule has 0 unspecified atom stereocenters. The summed E-state index contributed by atoms with van der Waals surface area (Å²) in [6.07, 6.45) is 0. The molecule has 0 aliphatic rings. The molecule has 4 heavy (non-hydrogen) atoms. The third kappa shape index (κ3) is 8.82. The van der Waals surface area contributed by atoms with Crippen LogP contribution in [0.3, 0.4) is 0 Å². The first kappa shape index (κ1) is 30.6. The largest absolute Gasteiger partial charge is 2.00 e. The Balaban J connectivity index is 0. The Morgan fingerprint density at radius 3 is 0.750 bits per heavy atom. The van der Waals surface area contributed by atoms with Crippen LogP contribution in [0.15, 0.2) is 0 Å². The molecule has 0 heterocycles. The van der Waals surface area contributed by atoms with E-state index < -0.39 is 0 Å². The van der Waals surface area contributed by atoms with Crippen molar-refractivity contribution in [2.45, 2.75) is 0 Å². The quantitative estimate of drug-likeness (QED) is 0.300. The van der Waals surface area contributed by atoms with Crippen LogP contribution >= 0.6 is 0 Å². The van der Waals surface area contributed by atoms with Gasteiger partial charge in [-0.15, -0.1) is 0 Å². The molecular weight excluding hydrogens is 103 g/mol. The van der Waals surface area contributed by atoms with E-state index in [0.29, 0.717) is 0 Å². The van der Waals surface area contributed by atoms with Crippen molar-refractivity contribution in [2.24, 2.45) is 0 Å². The van der Waals surface area contributed by atoms with Crippen LogP contribution < -0.4 is 0 Å². The van der Waals surface area contributed by atoms with Gasteiger partial charge in [-0.1, -0.05) is 0 Å². The van der Waals surface area contributed by atoms with Crippen LogP contribution in [0.4, 0.5) is 0 Å². The van der Waals surface area contributed by atoms with Gasteiger partial charge >= 0.3 is 46.1 Å². The first-order valence-electron chi connectivity index (χ1n) is 0. The normalized spacial score (nSPS) is 0. The monoisotopic (exact) mass is 112 g/mol. The fraction of sp³-hybridized carbons (Fsp3) is 0. The molecule has 0 amide bonds. The molecule has 0 aliphatic heterocycles. The molecule has 0 aromatic rings. The molecule has 0 N–H and O–H groups in total. The van der Waals surface area contributed by atoms with Crippen molar-refractivity contribution in [2.75, 3.05) is 0 Å². The number of hydrogen-bond donors (Lipinski definition) is 0. The van der Waals surface area contributed by atoms with Gasteiger partial charge in [0.25, 0.3) is 0 Å². The van der Waals surface area contributed by atoms with Gasteiger partial charge in [0, 0.05) is 0 Å². The average molecular weight is 113 g/mol. The van der Waals surface area contributed by atoms with Crippen LogP contribution in [-0.2, 0) is 0 Å². The van der Waals surface area contributed by atoms with Gasteiger partial charge < -0.3 is 5.71 Å². The van der Waals surface area contributed by atoms with Crippen molar-refractivity contribution < 1.29 is 5.71 Å². The maximum absolute atomic E-state index is 0. The minimum Gasteiger partial charge on any atom is -1.00 e. The van der Waals surface area contributed by atoms with Gasteiger partial charge in [-0.25, -0.2) is 0 Å². The Morgan fingerprint density at radius 1 is 0.750 bits per heavy atom. The summed E-state index contributed by atoms with van der Waals surface area (Å²) < 4.78 is 0. The van der Waals surface area contributed by atoms with E-state index in [1.165, 1.54) is 0 Å². The van der Waals surface area contributed by atoms with E-state index in [-0.39, 0.29) is 86.5 Å². The van der Waals surface area contributed by atoms with Crippen LogP contribution in [0.25, 0.3) is 0 Å². The summed E-state index contributed by atoms with van der Waals surface area (Å²) in [5.41, 5.74) is 0. The van der Waals surface area contributed by atoms with Gasteiger partial charge in [-0.2, -0.15) is 0 Å². The SMILES string of the molecule is [AlH3].[AlH3].[H-].[H-].[H-].[H-].[Mg+2].[Mg+2]. The summed E-state index contributed by atoms with van der Waals surface area (Å²) in [5.74, 6) is 0. The molecule has 0 bridgehead atoms. The van der Waals surface area contributed by atoms with Crippen molar-refractivity contribution in [3.8, 4) is 0 Å². The molecule has 0 aromatic carbocycles. The molecule has 0 spiro atoms. The molecule has 0 saturated heterocycles. The first-order chi connectivity index (χ1) is 0. The molecule has 4 heteroatoms. The molecule has 0 aromatic heterocycles. The summed E-state index contributed by atoms with van der Waals surface area (Å²) in [4.78, 5) is 0. The zero-order chi connectivity index (χ0) is 0. The molecule has 0 nitrogen and oxygen atoms in total. The minimum atomic E-state index is 0. The number of rotatable bonds is 0. The maximum atomic E-state index is 0. The molecule has 0 aliphatic carbocycles. The fourth-order valence-corrected chi connectivity index (χ4v) is 0. The van der Waals surface area contributed by atoms with E-state index >= 15 is 0 Å². The van der Waals surface area contributed by atoms with Crippen molar-refractivity contribution in [3.63, 3.8) is 0 Å². The van der Waals surface area contributed by atoms with E-state index in [2.05, 4.69) is 0 Å². The summed E-state index contributed by atoms with van der Waals surface area (Å²) in [6, 6.07) is 0.